The number of carbonyl (C=O) groups excluding carboxylic acids is 1. The van der Waals surface area contributed by atoms with Crippen molar-refractivity contribution >= 4 is 12.3 Å². The number of amides is 1. The van der Waals surface area contributed by atoms with Gasteiger partial charge in [0.25, 0.3) is 0 Å². The number of aromatic nitrogens is 2. The second-order valence-corrected chi connectivity index (χ2v) is 7.10. The van der Waals surface area contributed by atoms with E-state index in [1.54, 1.807) is 33.7 Å². The first-order chi connectivity index (χ1) is 13.4. The summed E-state index contributed by atoms with van der Waals surface area (Å²) in [6.07, 6.45) is -2.05. The van der Waals surface area contributed by atoms with Crippen LogP contribution in [-0.4, -0.2) is 49.8 Å². The van der Waals surface area contributed by atoms with E-state index in [0.29, 0.717) is 30.9 Å². The molecule has 1 N–H and O–H groups in total. The van der Waals surface area contributed by atoms with Gasteiger partial charge in [0.2, 0.25) is 5.91 Å². The van der Waals surface area contributed by atoms with Crippen LogP contribution in [0.15, 0.2) is 24.3 Å². The van der Waals surface area contributed by atoms with Crippen molar-refractivity contribution in [3.05, 3.63) is 46.8 Å². The number of aliphatic hydroxyl groups excluding tert-OH is 1. The molecule has 0 atom stereocenters. The summed E-state index contributed by atoms with van der Waals surface area (Å²) in [6, 6.07) is 7.04. The number of halogens is 3. The molecule has 1 aromatic heterocycles. The van der Waals surface area contributed by atoms with E-state index in [9.17, 15) is 23.1 Å². The highest BCUT2D eigenvalue weighted by Crippen LogP contribution is 2.35. The Labute approximate surface area is 159 Å². The zero-order chi connectivity index (χ0) is 19.9. The van der Waals surface area contributed by atoms with Crippen LogP contribution < -0.4 is 0 Å². The van der Waals surface area contributed by atoms with Gasteiger partial charge in [0.15, 0.2) is 18.8 Å². The van der Waals surface area contributed by atoms with E-state index < -0.39 is 11.9 Å². The molecule has 3 heterocycles. The second kappa shape index (κ2) is 6.96. The van der Waals surface area contributed by atoms with E-state index in [-0.39, 0.29) is 24.4 Å². The Bertz CT molecular complexity index is 932. The maximum absolute atomic E-state index is 13.4. The van der Waals surface area contributed by atoms with Crippen LogP contribution in [0.2, 0.25) is 0 Å². The van der Waals surface area contributed by atoms with Crippen LogP contribution in [0.25, 0.3) is 5.69 Å². The largest absolute Gasteiger partial charge is 0.466 e. The Kier molecular flexibility index (Phi) is 4.60. The van der Waals surface area contributed by atoms with Crippen LogP contribution in [-0.2, 0) is 30.5 Å². The van der Waals surface area contributed by atoms with Crippen molar-refractivity contribution in [2.75, 3.05) is 13.1 Å². The van der Waals surface area contributed by atoms with Crippen LogP contribution in [0.4, 0.5) is 13.2 Å². The van der Waals surface area contributed by atoms with Crippen molar-refractivity contribution in [2.24, 2.45) is 0 Å². The summed E-state index contributed by atoms with van der Waals surface area (Å²) < 4.78 is 43.1. The quantitative estimate of drug-likeness (QED) is 0.644. The number of carbonyl (C=O) groups is 1. The van der Waals surface area contributed by atoms with Gasteiger partial charge >= 0.3 is 12.6 Å². The molecule has 28 heavy (non-hydrogen) atoms. The molecule has 0 aliphatic carbocycles. The van der Waals surface area contributed by atoms with E-state index in [1.165, 1.54) is 4.68 Å². The molecule has 148 valence electrons. The van der Waals surface area contributed by atoms with Crippen molar-refractivity contribution in [2.45, 2.75) is 38.5 Å². The van der Waals surface area contributed by atoms with E-state index >= 15 is 0 Å². The lowest BCUT2D eigenvalue weighted by molar-refractivity contribution is -0.550. The number of benzene rings is 1. The van der Waals surface area contributed by atoms with Gasteiger partial charge in [-0.15, -0.1) is 0 Å². The molecule has 1 fully saturated rings. The van der Waals surface area contributed by atoms with Crippen molar-refractivity contribution in [3.8, 4) is 5.69 Å². The smallest absolute Gasteiger partial charge is 0.435 e. The van der Waals surface area contributed by atoms with Gasteiger partial charge < -0.3 is 10.0 Å². The number of rotatable bonds is 3. The molecule has 0 spiro atoms. The molecular weight excluding hydrogens is 373 g/mol. The number of hydrogen-bond acceptors (Lipinski definition) is 2. The first kappa shape index (κ1) is 18.5. The lowest BCUT2D eigenvalue weighted by Gasteiger charge is -2.16. The fourth-order valence-corrected chi connectivity index (χ4v) is 3.81. The summed E-state index contributed by atoms with van der Waals surface area (Å²) in [7, 11) is 0. The number of aliphatic hydroxyl groups is 1. The fraction of sp³-hybridized carbons (Fsp3) is 0.421. The van der Waals surface area contributed by atoms with Gasteiger partial charge in [-0.25, -0.2) is 4.68 Å². The molecule has 0 bridgehead atoms. The minimum Gasteiger partial charge on any atom is -0.466 e. The predicted octanol–water partition coefficient (Wildman–Crippen LogP) is 2.67. The first-order valence-corrected chi connectivity index (χ1v) is 9.13. The predicted molar refractivity (Wildman–Crippen MR) is 94.4 cm³/mol. The maximum Gasteiger partial charge on any atom is 0.435 e. The molecule has 1 aromatic carbocycles. The Morgan fingerprint density at radius 3 is 2.57 bits per heavy atom. The Hall–Kier alpha value is -2.84. The molecule has 0 saturated carbocycles. The Morgan fingerprint density at radius 1 is 1.21 bits per heavy atom. The molecule has 2 aromatic rings. The maximum atomic E-state index is 13.4. The highest BCUT2D eigenvalue weighted by Gasteiger charge is 2.41. The van der Waals surface area contributed by atoms with Gasteiger partial charge in [0.1, 0.15) is 5.69 Å². The number of hydrogen-bond donors (Lipinski definition) is 1. The average Bonchev–Trinajstić information content (AvgIpc) is 3.25. The number of nitrogens with zero attached hydrogens (tertiary/aromatic N) is 4. The van der Waals surface area contributed by atoms with E-state index in [2.05, 4.69) is 5.10 Å². The lowest BCUT2D eigenvalue weighted by atomic mass is 10.0. The minimum absolute atomic E-state index is 0.125. The molecule has 1 amide bonds. The SMILES string of the molecule is O=C1CCCN1Cc1ccc(-n2nc(C(F)(F)F)c3c2C[N+](=CO)CC3)cc1. The van der Waals surface area contributed by atoms with E-state index in [4.69, 9.17) is 0 Å². The van der Waals surface area contributed by atoms with Gasteiger partial charge in [-0.1, -0.05) is 12.1 Å². The van der Waals surface area contributed by atoms with Crippen molar-refractivity contribution in [1.82, 2.24) is 14.7 Å². The van der Waals surface area contributed by atoms with E-state index in [1.807, 2.05) is 0 Å². The summed E-state index contributed by atoms with van der Waals surface area (Å²) in [5, 5.41) is 13.1. The molecule has 1 saturated heterocycles. The monoisotopic (exact) mass is 393 g/mol. The van der Waals surface area contributed by atoms with Crippen LogP contribution in [0.5, 0.6) is 0 Å². The van der Waals surface area contributed by atoms with Crippen molar-refractivity contribution in [1.29, 1.82) is 0 Å². The van der Waals surface area contributed by atoms with Crippen LogP contribution in [0.1, 0.15) is 35.4 Å². The topological polar surface area (TPSA) is 61.4 Å². The van der Waals surface area contributed by atoms with Crippen LogP contribution >= 0.6 is 0 Å². The highest BCUT2D eigenvalue weighted by molar-refractivity contribution is 5.78. The normalized spacial score (nSPS) is 18.8. The van der Waals surface area contributed by atoms with Crippen LogP contribution in [0, 0.1) is 0 Å². The van der Waals surface area contributed by atoms with Crippen molar-refractivity contribution < 1.29 is 27.6 Å². The zero-order valence-electron chi connectivity index (χ0n) is 15.1. The van der Waals surface area contributed by atoms with Crippen LogP contribution in [0.3, 0.4) is 0 Å². The summed E-state index contributed by atoms with van der Waals surface area (Å²) in [5.41, 5.74) is 1.17. The Balaban J connectivity index is 1.67. The van der Waals surface area contributed by atoms with Gasteiger partial charge in [0.05, 0.1) is 5.69 Å². The number of fused-ring (bicyclic) bond motifs is 1. The average molecular weight is 393 g/mol. The lowest BCUT2D eigenvalue weighted by Crippen LogP contribution is -2.25. The van der Waals surface area contributed by atoms with Gasteiger partial charge in [0, 0.05) is 31.5 Å². The summed E-state index contributed by atoms with van der Waals surface area (Å²) in [5.74, 6) is 0.125. The van der Waals surface area contributed by atoms with Gasteiger partial charge in [-0.05, 0) is 24.1 Å². The van der Waals surface area contributed by atoms with Gasteiger partial charge in [-0.3, -0.25) is 4.79 Å². The molecule has 2 aliphatic rings. The number of likely N-dealkylation sites (tertiary alicyclic amines) is 1. The fourth-order valence-electron chi connectivity index (χ4n) is 3.81. The number of alkyl halides is 3. The summed E-state index contributed by atoms with van der Waals surface area (Å²) in [4.78, 5) is 13.5. The highest BCUT2D eigenvalue weighted by atomic mass is 19.4. The van der Waals surface area contributed by atoms with Gasteiger partial charge in [-0.2, -0.15) is 22.8 Å². The summed E-state index contributed by atoms with van der Waals surface area (Å²) in [6.45, 7) is 1.69. The molecule has 4 rings (SSSR count). The third kappa shape index (κ3) is 3.36. The standard InChI is InChI=1S/C19H19F3N4O2/c20-19(21,22)18-15-7-9-24(12-27)11-16(15)26(23-18)14-5-3-13(4-6-14)10-25-8-1-2-17(25)28/h3-6,12H,1-2,7-11H2/p+1. The zero-order valence-corrected chi connectivity index (χ0v) is 15.1. The van der Waals surface area contributed by atoms with Crippen molar-refractivity contribution in [3.63, 3.8) is 0 Å². The molecule has 9 heteroatoms. The molecule has 6 nitrogen and oxygen atoms in total. The molecule has 0 radical (unpaired) electrons. The Morgan fingerprint density at radius 2 is 1.96 bits per heavy atom. The second-order valence-electron chi connectivity index (χ2n) is 7.10. The first-order valence-electron chi connectivity index (χ1n) is 9.13. The summed E-state index contributed by atoms with van der Waals surface area (Å²) >= 11 is 0. The molecule has 0 unspecified atom stereocenters. The third-order valence-corrected chi connectivity index (χ3v) is 5.25. The minimum atomic E-state index is -4.53. The third-order valence-electron chi connectivity index (χ3n) is 5.25. The van der Waals surface area contributed by atoms with E-state index in [0.717, 1.165) is 24.9 Å². The molecule has 2 aliphatic heterocycles. The molecular formula is C19H20F3N4O2+.